The van der Waals surface area contributed by atoms with E-state index >= 15 is 0 Å². The summed E-state index contributed by atoms with van der Waals surface area (Å²) < 4.78 is 0. The van der Waals surface area contributed by atoms with E-state index in [2.05, 4.69) is 24.0 Å². The highest BCUT2D eigenvalue weighted by Crippen LogP contribution is 2.48. The predicted octanol–water partition coefficient (Wildman–Crippen LogP) is 4.02. The van der Waals surface area contributed by atoms with Gasteiger partial charge < -0.3 is 4.90 Å². The zero-order valence-corrected chi connectivity index (χ0v) is 12.6. The van der Waals surface area contributed by atoms with Gasteiger partial charge in [0.05, 0.1) is 0 Å². The summed E-state index contributed by atoms with van der Waals surface area (Å²) in [5.74, 6) is 2.95. The van der Waals surface area contributed by atoms with Crippen LogP contribution in [-0.2, 0) is 4.79 Å². The van der Waals surface area contributed by atoms with Crippen molar-refractivity contribution in [1.82, 2.24) is 4.90 Å². The number of nitrogens with zero attached hydrogens (tertiary/aromatic N) is 1. The van der Waals surface area contributed by atoms with E-state index in [0.717, 1.165) is 37.3 Å². The normalized spacial score (nSPS) is 29.3. The molecule has 0 aromatic heterocycles. The van der Waals surface area contributed by atoms with Crippen molar-refractivity contribution in [3.8, 4) is 0 Å². The molecule has 1 amide bonds. The van der Waals surface area contributed by atoms with E-state index in [-0.39, 0.29) is 0 Å². The van der Waals surface area contributed by atoms with Gasteiger partial charge in [0.1, 0.15) is 0 Å². The van der Waals surface area contributed by atoms with Gasteiger partial charge in [-0.15, -0.1) is 0 Å². The van der Waals surface area contributed by atoms with Crippen molar-refractivity contribution in [3.05, 3.63) is 12.2 Å². The summed E-state index contributed by atoms with van der Waals surface area (Å²) in [6, 6.07) is 0. The summed E-state index contributed by atoms with van der Waals surface area (Å²) in [6.45, 7) is 6.18. The second-order valence-electron chi connectivity index (χ2n) is 6.25. The summed E-state index contributed by atoms with van der Waals surface area (Å²) in [4.78, 5) is 14.1. The molecule has 0 aromatic rings. The van der Waals surface area contributed by atoms with Crippen LogP contribution >= 0.6 is 0 Å². The first kappa shape index (κ1) is 14.6. The zero-order valence-electron chi connectivity index (χ0n) is 12.6. The Labute approximate surface area is 118 Å². The Balaban J connectivity index is 1.78. The Kier molecular flexibility index (Phi) is 5.47. The van der Waals surface area contributed by atoms with Crippen LogP contribution in [-0.4, -0.2) is 23.9 Å². The maximum absolute atomic E-state index is 12.0. The Morgan fingerprint density at radius 2 is 2.16 bits per heavy atom. The van der Waals surface area contributed by atoms with E-state index in [4.69, 9.17) is 0 Å². The third-order valence-electron chi connectivity index (χ3n) is 4.78. The Morgan fingerprint density at radius 1 is 1.32 bits per heavy atom. The van der Waals surface area contributed by atoms with Crippen LogP contribution in [0.15, 0.2) is 12.2 Å². The van der Waals surface area contributed by atoms with E-state index in [0.29, 0.717) is 12.3 Å². The van der Waals surface area contributed by atoms with Gasteiger partial charge in [0.25, 0.3) is 0 Å². The largest absolute Gasteiger partial charge is 0.342 e. The van der Waals surface area contributed by atoms with Crippen molar-refractivity contribution in [2.45, 2.75) is 58.8 Å². The Morgan fingerprint density at radius 3 is 2.79 bits per heavy atom. The Hall–Kier alpha value is -0.790. The van der Waals surface area contributed by atoms with E-state index < -0.39 is 0 Å². The third-order valence-corrected chi connectivity index (χ3v) is 4.78. The van der Waals surface area contributed by atoms with Crippen molar-refractivity contribution in [2.75, 3.05) is 13.1 Å². The quantitative estimate of drug-likeness (QED) is 0.635. The molecule has 0 saturated heterocycles. The molecule has 0 spiro atoms. The molecule has 3 atom stereocenters. The van der Waals surface area contributed by atoms with Crippen molar-refractivity contribution >= 4 is 5.91 Å². The maximum atomic E-state index is 12.0. The summed E-state index contributed by atoms with van der Waals surface area (Å²) in [7, 11) is 0. The van der Waals surface area contributed by atoms with Gasteiger partial charge in [0, 0.05) is 19.5 Å². The molecule has 2 heteroatoms. The molecule has 2 nitrogen and oxygen atoms in total. The molecule has 2 rings (SSSR count). The number of hydrogen-bond donors (Lipinski definition) is 0. The van der Waals surface area contributed by atoms with Crippen LogP contribution in [0.2, 0.25) is 0 Å². The fraction of sp³-hybridized carbons (Fsp3) is 0.824. The number of carbonyl (C=O) groups excluding carboxylic acids is 1. The van der Waals surface area contributed by atoms with Crippen LogP contribution in [0.1, 0.15) is 58.8 Å². The maximum Gasteiger partial charge on any atom is 0.222 e. The molecule has 0 N–H and O–H groups in total. The second kappa shape index (κ2) is 7.12. The zero-order chi connectivity index (χ0) is 13.7. The highest BCUT2D eigenvalue weighted by Gasteiger charge is 2.43. The Bertz CT molecular complexity index is 323. The van der Waals surface area contributed by atoms with Gasteiger partial charge in [-0.1, -0.05) is 32.4 Å². The van der Waals surface area contributed by atoms with Crippen LogP contribution in [0.5, 0.6) is 0 Å². The molecular weight excluding hydrogens is 234 g/mol. The fourth-order valence-corrected chi connectivity index (χ4v) is 3.44. The number of rotatable bonds is 7. The molecule has 2 aliphatic carbocycles. The van der Waals surface area contributed by atoms with Gasteiger partial charge >= 0.3 is 0 Å². The highest BCUT2D eigenvalue weighted by molar-refractivity contribution is 5.75. The molecule has 2 aliphatic rings. The average Bonchev–Trinajstić information content (AvgIpc) is 3.23. The number of allylic oxidation sites excluding steroid dienone is 2. The minimum Gasteiger partial charge on any atom is -0.342 e. The lowest BCUT2D eigenvalue weighted by molar-refractivity contribution is -0.131. The lowest BCUT2D eigenvalue weighted by Crippen LogP contribution is -2.33. The lowest BCUT2D eigenvalue weighted by atomic mass is 9.89. The van der Waals surface area contributed by atoms with E-state index in [1.54, 1.807) is 0 Å². The van der Waals surface area contributed by atoms with Crippen LogP contribution in [0, 0.1) is 17.8 Å². The first-order valence-corrected chi connectivity index (χ1v) is 8.19. The van der Waals surface area contributed by atoms with Gasteiger partial charge in [0.15, 0.2) is 0 Å². The topological polar surface area (TPSA) is 20.3 Å². The fourth-order valence-electron chi connectivity index (χ4n) is 3.44. The first-order chi connectivity index (χ1) is 9.26. The van der Waals surface area contributed by atoms with Gasteiger partial charge in [-0.25, -0.2) is 0 Å². The third kappa shape index (κ3) is 4.09. The predicted molar refractivity (Wildman–Crippen MR) is 79.9 cm³/mol. The smallest absolute Gasteiger partial charge is 0.222 e. The van der Waals surface area contributed by atoms with Crippen molar-refractivity contribution in [2.24, 2.45) is 17.8 Å². The van der Waals surface area contributed by atoms with Crippen LogP contribution < -0.4 is 0 Å². The highest BCUT2D eigenvalue weighted by atomic mass is 16.2. The summed E-state index contributed by atoms with van der Waals surface area (Å²) in [5.41, 5.74) is 0. The van der Waals surface area contributed by atoms with Gasteiger partial charge in [-0.05, 0) is 49.9 Å². The van der Waals surface area contributed by atoms with Gasteiger partial charge in [-0.3, -0.25) is 4.79 Å². The van der Waals surface area contributed by atoms with E-state index in [1.165, 1.54) is 32.1 Å². The lowest BCUT2D eigenvalue weighted by Gasteiger charge is -2.23. The van der Waals surface area contributed by atoms with Crippen LogP contribution in [0.25, 0.3) is 0 Å². The second-order valence-corrected chi connectivity index (χ2v) is 6.25. The van der Waals surface area contributed by atoms with Gasteiger partial charge in [0.2, 0.25) is 5.91 Å². The number of hydrogen-bond acceptors (Lipinski definition) is 1. The summed E-state index contributed by atoms with van der Waals surface area (Å²) in [5, 5.41) is 0. The number of unbranched alkanes of at least 4 members (excludes halogenated alkanes) is 1. The minimum atomic E-state index is 0.350. The van der Waals surface area contributed by atoms with Crippen molar-refractivity contribution in [3.63, 3.8) is 0 Å². The average molecular weight is 263 g/mol. The molecule has 1 saturated carbocycles. The minimum absolute atomic E-state index is 0.350. The van der Waals surface area contributed by atoms with Crippen LogP contribution in [0.4, 0.5) is 0 Å². The van der Waals surface area contributed by atoms with E-state index in [1.807, 2.05) is 6.92 Å². The number of carbonyl (C=O) groups is 1. The van der Waals surface area contributed by atoms with Crippen molar-refractivity contribution in [1.29, 1.82) is 0 Å². The first-order valence-electron chi connectivity index (χ1n) is 8.19. The van der Waals surface area contributed by atoms with E-state index in [9.17, 15) is 4.79 Å². The molecule has 0 radical (unpaired) electrons. The molecule has 0 aliphatic heterocycles. The van der Waals surface area contributed by atoms with Gasteiger partial charge in [-0.2, -0.15) is 0 Å². The SMILES string of the molecule is CCCCN(CC1CC1C1CC=CCC1)C(=O)CC. The molecule has 0 heterocycles. The standard InChI is InChI=1S/C17H29NO/c1-3-5-11-18(17(19)4-2)13-15-12-16(15)14-9-7-6-8-10-14/h6-7,14-16H,3-5,8-13H2,1-2H3. The van der Waals surface area contributed by atoms with Crippen LogP contribution in [0.3, 0.4) is 0 Å². The number of amides is 1. The molecule has 0 bridgehead atoms. The molecule has 0 aromatic carbocycles. The molecular formula is C17H29NO. The monoisotopic (exact) mass is 263 g/mol. The molecule has 3 unspecified atom stereocenters. The molecule has 108 valence electrons. The summed E-state index contributed by atoms with van der Waals surface area (Å²) >= 11 is 0. The van der Waals surface area contributed by atoms with Crippen molar-refractivity contribution < 1.29 is 4.79 Å². The molecule has 19 heavy (non-hydrogen) atoms. The summed E-state index contributed by atoms with van der Waals surface area (Å²) in [6.07, 6.45) is 12.9. The molecule has 1 fully saturated rings.